The molecule has 0 radical (unpaired) electrons. The summed E-state index contributed by atoms with van der Waals surface area (Å²) in [6.45, 7) is 1.54. The summed E-state index contributed by atoms with van der Waals surface area (Å²) in [6.07, 6.45) is 3.45. The summed E-state index contributed by atoms with van der Waals surface area (Å²) in [5.41, 5.74) is 1.27. The molecule has 0 saturated carbocycles. The molecule has 100 valence electrons. The van der Waals surface area contributed by atoms with Gasteiger partial charge in [0.2, 0.25) is 0 Å². The Morgan fingerprint density at radius 1 is 1.72 bits per heavy atom. The molecule has 2 atom stereocenters. The van der Waals surface area contributed by atoms with Crippen LogP contribution in [0.4, 0.5) is 5.69 Å². The van der Waals surface area contributed by atoms with Gasteiger partial charge >= 0.3 is 0 Å². The van der Waals surface area contributed by atoms with Crippen molar-refractivity contribution in [1.82, 2.24) is 15.3 Å². The summed E-state index contributed by atoms with van der Waals surface area (Å²) in [7, 11) is 0. The third kappa shape index (κ3) is 2.85. The number of nitrogens with one attached hydrogen (secondary N) is 3. The number of aromatic amines is 1. The van der Waals surface area contributed by atoms with E-state index in [0.29, 0.717) is 18.8 Å². The SMILES string of the molecule is CSCC(CO)NCC1CNc2c1nc[nH]c2=O. The van der Waals surface area contributed by atoms with Gasteiger partial charge in [-0.25, -0.2) is 4.98 Å². The van der Waals surface area contributed by atoms with E-state index in [9.17, 15) is 9.90 Å². The van der Waals surface area contributed by atoms with Crippen molar-refractivity contribution < 1.29 is 5.11 Å². The highest BCUT2D eigenvalue weighted by Crippen LogP contribution is 2.25. The van der Waals surface area contributed by atoms with Gasteiger partial charge in [0, 0.05) is 30.8 Å². The Balaban J connectivity index is 1.97. The minimum absolute atomic E-state index is 0.0889. The molecule has 1 aliphatic rings. The van der Waals surface area contributed by atoms with Crippen molar-refractivity contribution in [3.05, 3.63) is 22.4 Å². The molecule has 7 heteroatoms. The molecule has 0 fully saturated rings. The van der Waals surface area contributed by atoms with Crippen molar-refractivity contribution in [2.75, 3.05) is 37.0 Å². The van der Waals surface area contributed by atoms with Crippen LogP contribution in [0.1, 0.15) is 11.6 Å². The third-order valence-electron chi connectivity index (χ3n) is 3.04. The molecular weight excluding hydrogens is 252 g/mol. The molecule has 18 heavy (non-hydrogen) atoms. The van der Waals surface area contributed by atoms with Crippen molar-refractivity contribution in [3.63, 3.8) is 0 Å². The number of hydrogen-bond donors (Lipinski definition) is 4. The first kappa shape index (κ1) is 13.4. The van der Waals surface area contributed by atoms with Crippen LogP contribution in [0, 0.1) is 0 Å². The van der Waals surface area contributed by atoms with Gasteiger partial charge in [-0.05, 0) is 6.26 Å². The van der Waals surface area contributed by atoms with Gasteiger partial charge < -0.3 is 20.7 Å². The Morgan fingerprint density at radius 3 is 3.28 bits per heavy atom. The highest BCUT2D eigenvalue weighted by atomic mass is 32.2. The van der Waals surface area contributed by atoms with E-state index in [0.717, 1.165) is 11.4 Å². The van der Waals surface area contributed by atoms with Crippen LogP contribution in [0.5, 0.6) is 0 Å². The van der Waals surface area contributed by atoms with E-state index in [4.69, 9.17) is 0 Å². The minimum Gasteiger partial charge on any atom is -0.395 e. The predicted molar refractivity (Wildman–Crippen MR) is 73.3 cm³/mol. The van der Waals surface area contributed by atoms with Crippen molar-refractivity contribution in [2.45, 2.75) is 12.0 Å². The van der Waals surface area contributed by atoms with Gasteiger partial charge in [0.25, 0.3) is 5.56 Å². The van der Waals surface area contributed by atoms with E-state index in [1.165, 1.54) is 6.33 Å². The Kier molecular flexibility index (Phi) is 4.62. The molecule has 1 aliphatic heterocycles. The number of aromatic nitrogens is 2. The van der Waals surface area contributed by atoms with Crippen LogP contribution in [-0.4, -0.2) is 52.8 Å². The Hall–Kier alpha value is -1.05. The van der Waals surface area contributed by atoms with Crippen LogP contribution in [0.15, 0.2) is 11.1 Å². The van der Waals surface area contributed by atoms with E-state index in [1.807, 2.05) is 6.26 Å². The molecular formula is C11H18N4O2S. The first-order valence-corrected chi connectivity index (χ1v) is 7.30. The summed E-state index contributed by atoms with van der Waals surface area (Å²) in [5, 5.41) is 15.6. The van der Waals surface area contributed by atoms with Gasteiger partial charge in [-0.2, -0.15) is 11.8 Å². The standard InChI is InChI=1S/C11H18N4O2S/c1-18-5-8(4-16)12-2-7-3-13-10-9(7)14-6-15-11(10)17/h6-8,12-13,16H,2-5H2,1H3,(H,14,15,17). The number of fused-ring (bicyclic) bond motifs is 1. The fourth-order valence-electron chi connectivity index (χ4n) is 2.07. The lowest BCUT2D eigenvalue weighted by Crippen LogP contribution is -2.37. The van der Waals surface area contributed by atoms with Gasteiger partial charge in [0.15, 0.2) is 0 Å². The molecule has 0 spiro atoms. The maximum absolute atomic E-state index is 11.5. The average molecular weight is 270 g/mol. The van der Waals surface area contributed by atoms with E-state index < -0.39 is 0 Å². The monoisotopic (exact) mass is 270 g/mol. The van der Waals surface area contributed by atoms with Crippen LogP contribution in [0.25, 0.3) is 0 Å². The number of rotatable bonds is 6. The molecule has 1 aromatic heterocycles. The zero-order chi connectivity index (χ0) is 13.0. The highest BCUT2D eigenvalue weighted by molar-refractivity contribution is 7.98. The number of aliphatic hydroxyl groups excluding tert-OH is 1. The summed E-state index contributed by atoms with van der Waals surface area (Å²) in [5.74, 6) is 1.05. The first-order valence-electron chi connectivity index (χ1n) is 5.91. The molecule has 2 unspecified atom stereocenters. The van der Waals surface area contributed by atoms with Crippen molar-refractivity contribution in [3.8, 4) is 0 Å². The second-order valence-electron chi connectivity index (χ2n) is 4.31. The van der Waals surface area contributed by atoms with Gasteiger partial charge in [-0.1, -0.05) is 0 Å². The van der Waals surface area contributed by atoms with Crippen LogP contribution in [0.2, 0.25) is 0 Å². The maximum Gasteiger partial charge on any atom is 0.274 e. The summed E-state index contributed by atoms with van der Waals surface area (Å²) in [4.78, 5) is 18.3. The van der Waals surface area contributed by atoms with Crippen LogP contribution in [0.3, 0.4) is 0 Å². The van der Waals surface area contributed by atoms with Crippen molar-refractivity contribution in [1.29, 1.82) is 0 Å². The summed E-state index contributed by atoms with van der Waals surface area (Å²) < 4.78 is 0. The zero-order valence-corrected chi connectivity index (χ0v) is 11.1. The van der Waals surface area contributed by atoms with Crippen LogP contribution in [-0.2, 0) is 0 Å². The van der Waals surface area contributed by atoms with Crippen LogP contribution < -0.4 is 16.2 Å². The van der Waals surface area contributed by atoms with E-state index in [1.54, 1.807) is 11.8 Å². The number of aliphatic hydroxyl groups is 1. The molecule has 0 bridgehead atoms. The normalized spacial score (nSPS) is 19.3. The number of hydrogen-bond acceptors (Lipinski definition) is 6. The predicted octanol–water partition coefficient (Wildman–Crippen LogP) is -0.407. The number of H-pyrrole nitrogens is 1. The second kappa shape index (κ2) is 6.21. The van der Waals surface area contributed by atoms with Crippen molar-refractivity contribution >= 4 is 17.4 Å². The molecule has 0 aliphatic carbocycles. The fourth-order valence-corrected chi connectivity index (χ4v) is 2.70. The number of thioether (sulfide) groups is 1. The Bertz CT molecular complexity index is 451. The third-order valence-corrected chi connectivity index (χ3v) is 3.77. The molecule has 1 aromatic rings. The number of anilines is 1. The lowest BCUT2D eigenvalue weighted by Gasteiger charge is -2.17. The van der Waals surface area contributed by atoms with Gasteiger partial charge in [0.1, 0.15) is 5.69 Å². The van der Waals surface area contributed by atoms with Gasteiger partial charge in [-0.15, -0.1) is 0 Å². The first-order chi connectivity index (χ1) is 8.76. The lowest BCUT2D eigenvalue weighted by atomic mass is 10.1. The summed E-state index contributed by atoms with van der Waals surface area (Å²) >= 11 is 1.70. The Labute approximate surface area is 110 Å². The van der Waals surface area contributed by atoms with Gasteiger partial charge in [0.05, 0.1) is 18.6 Å². The average Bonchev–Trinajstić information content (AvgIpc) is 2.79. The highest BCUT2D eigenvalue weighted by Gasteiger charge is 2.26. The largest absolute Gasteiger partial charge is 0.395 e. The molecule has 4 N–H and O–H groups in total. The fraction of sp³-hybridized carbons (Fsp3) is 0.636. The molecule has 2 rings (SSSR count). The summed E-state index contributed by atoms with van der Waals surface area (Å²) in [6, 6.07) is 0.0889. The topological polar surface area (TPSA) is 90.0 Å². The quantitative estimate of drug-likeness (QED) is 0.562. The van der Waals surface area contributed by atoms with Crippen molar-refractivity contribution in [2.24, 2.45) is 0 Å². The molecule has 2 heterocycles. The maximum atomic E-state index is 11.5. The Morgan fingerprint density at radius 2 is 2.56 bits per heavy atom. The molecule has 0 aromatic carbocycles. The van der Waals surface area contributed by atoms with Gasteiger partial charge in [-0.3, -0.25) is 4.79 Å². The lowest BCUT2D eigenvalue weighted by molar-refractivity contribution is 0.252. The minimum atomic E-state index is -0.120. The van der Waals surface area contributed by atoms with E-state index in [2.05, 4.69) is 20.6 Å². The van der Waals surface area contributed by atoms with Crippen LogP contribution >= 0.6 is 11.8 Å². The molecule has 0 amide bonds. The van der Waals surface area contributed by atoms with E-state index >= 15 is 0 Å². The smallest absolute Gasteiger partial charge is 0.274 e. The second-order valence-corrected chi connectivity index (χ2v) is 5.22. The number of nitrogens with zero attached hydrogens (tertiary/aromatic N) is 1. The molecule has 6 nitrogen and oxygen atoms in total. The molecule has 0 saturated heterocycles. The van der Waals surface area contributed by atoms with E-state index in [-0.39, 0.29) is 24.1 Å². The zero-order valence-electron chi connectivity index (χ0n) is 10.3.